The maximum absolute atomic E-state index is 10.7. The lowest BCUT2D eigenvalue weighted by Crippen LogP contribution is -2.33. The number of nitrogen functional groups attached to an aromatic ring is 1. The third-order valence-corrected chi connectivity index (χ3v) is 6.49. The Morgan fingerprint density at radius 3 is 2.39 bits per heavy atom. The van der Waals surface area contributed by atoms with E-state index in [0.717, 1.165) is 32.7 Å². The number of fused-ring (bicyclic) bond motifs is 4. The number of anilines is 1. The fourth-order valence-corrected chi connectivity index (χ4v) is 4.89. The zero-order valence-electron chi connectivity index (χ0n) is 17.5. The molecule has 4 atom stereocenters. The topological polar surface area (TPSA) is 127 Å². The van der Waals surface area contributed by atoms with Gasteiger partial charge in [-0.25, -0.2) is 9.97 Å². The van der Waals surface area contributed by atoms with Crippen LogP contribution in [0.5, 0.6) is 0 Å². The second-order valence-electron chi connectivity index (χ2n) is 8.33. The number of hydrogen-bond donors (Lipinski definition) is 4. The molecule has 0 bridgehead atoms. The molecule has 0 saturated carbocycles. The first-order valence-corrected chi connectivity index (χ1v) is 10.7. The van der Waals surface area contributed by atoms with Gasteiger partial charge in [0.25, 0.3) is 0 Å². The summed E-state index contributed by atoms with van der Waals surface area (Å²) in [6.45, 7) is -0.410. The third kappa shape index (κ3) is 2.93. The van der Waals surface area contributed by atoms with Crippen LogP contribution < -0.4 is 5.73 Å². The Kier molecular flexibility index (Phi) is 4.56. The Bertz CT molecular complexity index is 1520. The summed E-state index contributed by atoms with van der Waals surface area (Å²) in [7, 11) is 0. The van der Waals surface area contributed by atoms with E-state index in [1.807, 2.05) is 30.5 Å². The predicted octanol–water partition coefficient (Wildman–Crippen LogP) is 2.60. The molecule has 2 aromatic heterocycles. The molecule has 0 spiro atoms. The Balaban J connectivity index is 1.66. The molecule has 8 heteroatoms. The highest BCUT2D eigenvalue weighted by molar-refractivity contribution is 6.16. The van der Waals surface area contributed by atoms with E-state index in [4.69, 9.17) is 10.5 Å². The predicted molar refractivity (Wildman–Crippen MR) is 125 cm³/mol. The molecule has 1 aliphatic heterocycles. The van der Waals surface area contributed by atoms with Crippen molar-refractivity contribution < 1.29 is 20.1 Å². The summed E-state index contributed by atoms with van der Waals surface area (Å²) in [5.41, 5.74) is 8.54. The first kappa shape index (κ1) is 20.1. The van der Waals surface area contributed by atoms with Crippen molar-refractivity contribution >= 4 is 38.4 Å². The lowest BCUT2D eigenvalue weighted by atomic mass is 9.93. The van der Waals surface area contributed by atoms with Gasteiger partial charge in [-0.3, -0.25) is 0 Å². The maximum atomic E-state index is 10.7. The van der Waals surface area contributed by atoms with Crippen LogP contribution in [-0.4, -0.2) is 54.8 Å². The molecular formula is C25H22N4O4. The van der Waals surface area contributed by atoms with Gasteiger partial charge < -0.3 is 30.4 Å². The van der Waals surface area contributed by atoms with Crippen molar-refractivity contribution in [2.24, 2.45) is 0 Å². The quantitative estimate of drug-likeness (QED) is 0.316. The zero-order chi connectivity index (χ0) is 22.7. The second kappa shape index (κ2) is 7.50. The van der Waals surface area contributed by atoms with E-state index in [-0.39, 0.29) is 0 Å². The average Bonchev–Trinajstić information content (AvgIpc) is 3.37. The number of aliphatic hydroxyl groups is 3. The van der Waals surface area contributed by atoms with E-state index < -0.39 is 31.1 Å². The number of nitrogens with two attached hydrogens (primary N) is 1. The van der Waals surface area contributed by atoms with Crippen LogP contribution in [0, 0.1) is 0 Å². The van der Waals surface area contributed by atoms with E-state index in [0.29, 0.717) is 16.9 Å². The van der Waals surface area contributed by atoms with E-state index in [2.05, 4.69) is 40.3 Å². The van der Waals surface area contributed by atoms with Crippen molar-refractivity contribution in [3.8, 4) is 11.1 Å². The van der Waals surface area contributed by atoms with Gasteiger partial charge in [0.2, 0.25) is 0 Å². The van der Waals surface area contributed by atoms with Crippen molar-refractivity contribution in [2.45, 2.75) is 24.5 Å². The summed E-state index contributed by atoms with van der Waals surface area (Å²) in [5.74, 6) is 0.303. The van der Waals surface area contributed by atoms with E-state index in [1.165, 1.54) is 6.33 Å². The Morgan fingerprint density at radius 1 is 0.909 bits per heavy atom. The van der Waals surface area contributed by atoms with Crippen LogP contribution in [0.4, 0.5) is 5.82 Å². The molecule has 3 aromatic carbocycles. The zero-order valence-corrected chi connectivity index (χ0v) is 17.5. The number of aliphatic hydroxyl groups excluding tert-OH is 3. The van der Waals surface area contributed by atoms with Crippen LogP contribution in [0.25, 0.3) is 43.7 Å². The minimum atomic E-state index is -1.24. The molecule has 1 fully saturated rings. The van der Waals surface area contributed by atoms with Gasteiger partial charge in [0.15, 0.2) is 6.23 Å². The normalized spacial score (nSPS) is 23.1. The van der Waals surface area contributed by atoms with E-state index >= 15 is 0 Å². The van der Waals surface area contributed by atoms with Gasteiger partial charge in [0, 0.05) is 11.8 Å². The molecule has 8 nitrogen and oxygen atoms in total. The molecule has 0 amide bonds. The molecule has 0 unspecified atom stereocenters. The van der Waals surface area contributed by atoms with Crippen molar-refractivity contribution in [2.75, 3.05) is 12.3 Å². The lowest BCUT2D eigenvalue weighted by molar-refractivity contribution is -0.0508. The fraction of sp³-hybridized carbons (Fsp3) is 0.200. The third-order valence-electron chi connectivity index (χ3n) is 6.49. The first-order chi connectivity index (χ1) is 16.1. The molecule has 5 N–H and O–H groups in total. The average molecular weight is 442 g/mol. The standard InChI is InChI=1S/C25H22N4O4/c26-23-20-18(17-9-13-5-1-2-6-14(13)15-7-3-4-8-16(15)17)10-29(24(20)28-12-27-23)25-22(32)21(31)19(11-30)33-25/h1-10,12,19,21-22,25,30-32H,11H2,(H2,26,27,28)/t19-,21-,22-,25-/m1/s1. The summed E-state index contributed by atoms with van der Waals surface area (Å²) in [4.78, 5) is 8.62. The fourth-order valence-electron chi connectivity index (χ4n) is 4.89. The highest BCUT2D eigenvalue weighted by Gasteiger charge is 2.44. The number of ether oxygens (including phenoxy) is 1. The molecule has 33 heavy (non-hydrogen) atoms. The maximum Gasteiger partial charge on any atom is 0.164 e. The SMILES string of the molecule is Nc1ncnc2c1c(-c1cc3ccccc3c3ccccc13)cn2[C@@H]1O[C@H](CO)[C@@H](O)[C@H]1O. The Morgan fingerprint density at radius 2 is 1.64 bits per heavy atom. The highest BCUT2D eigenvalue weighted by Crippen LogP contribution is 2.42. The van der Waals surface area contributed by atoms with Gasteiger partial charge in [0.05, 0.1) is 12.0 Å². The molecular weight excluding hydrogens is 420 g/mol. The molecule has 166 valence electrons. The second-order valence-corrected chi connectivity index (χ2v) is 8.33. The number of nitrogens with zero attached hydrogens (tertiary/aromatic N) is 3. The van der Waals surface area contributed by atoms with Gasteiger partial charge in [0.1, 0.15) is 36.1 Å². The Labute approximate surface area is 188 Å². The van der Waals surface area contributed by atoms with Crippen LogP contribution in [0.3, 0.4) is 0 Å². The molecule has 0 aliphatic carbocycles. The molecule has 1 saturated heterocycles. The molecule has 1 aliphatic rings. The Hall–Kier alpha value is -3.56. The molecule has 3 heterocycles. The van der Waals surface area contributed by atoms with Crippen LogP contribution >= 0.6 is 0 Å². The van der Waals surface area contributed by atoms with Crippen LogP contribution in [0.15, 0.2) is 67.1 Å². The van der Waals surface area contributed by atoms with E-state index in [9.17, 15) is 15.3 Å². The van der Waals surface area contributed by atoms with Gasteiger partial charge in [-0.15, -0.1) is 0 Å². The summed E-state index contributed by atoms with van der Waals surface area (Å²) in [6, 6.07) is 18.5. The molecule has 6 rings (SSSR count). The largest absolute Gasteiger partial charge is 0.394 e. The van der Waals surface area contributed by atoms with Crippen molar-refractivity contribution in [3.05, 3.63) is 67.1 Å². The van der Waals surface area contributed by atoms with Crippen LogP contribution in [0.2, 0.25) is 0 Å². The first-order valence-electron chi connectivity index (χ1n) is 10.7. The number of benzene rings is 3. The number of rotatable bonds is 3. The van der Waals surface area contributed by atoms with Gasteiger partial charge in [-0.2, -0.15) is 0 Å². The molecule has 5 aromatic rings. The monoisotopic (exact) mass is 442 g/mol. The summed E-state index contributed by atoms with van der Waals surface area (Å²) < 4.78 is 7.45. The van der Waals surface area contributed by atoms with Crippen LogP contribution in [-0.2, 0) is 4.74 Å². The van der Waals surface area contributed by atoms with Crippen LogP contribution in [0.1, 0.15) is 6.23 Å². The number of hydrogen-bond acceptors (Lipinski definition) is 7. The summed E-state index contributed by atoms with van der Waals surface area (Å²) >= 11 is 0. The smallest absolute Gasteiger partial charge is 0.164 e. The molecule has 0 radical (unpaired) electrons. The number of aromatic nitrogens is 3. The van der Waals surface area contributed by atoms with Crippen molar-refractivity contribution in [1.82, 2.24) is 14.5 Å². The highest BCUT2D eigenvalue weighted by atomic mass is 16.6. The van der Waals surface area contributed by atoms with E-state index in [1.54, 1.807) is 4.57 Å². The minimum absolute atomic E-state index is 0.303. The summed E-state index contributed by atoms with van der Waals surface area (Å²) in [5, 5.41) is 35.5. The summed E-state index contributed by atoms with van der Waals surface area (Å²) in [6.07, 6.45) is -1.11. The lowest BCUT2D eigenvalue weighted by Gasteiger charge is -2.17. The van der Waals surface area contributed by atoms with Gasteiger partial charge >= 0.3 is 0 Å². The van der Waals surface area contributed by atoms with Gasteiger partial charge in [-0.1, -0.05) is 48.5 Å². The van der Waals surface area contributed by atoms with Crippen molar-refractivity contribution in [3.63, 3.8) is 0 Å². The van der Waals surface area contributed by atoms with Gasteiger partial charge in [-0.05, 0) is 33.2 Å². The van der Waals surface area contributed by atoms with Crippen molar-refractivity contribution in [1.29, 1.82) is 0 Å². The minimum Gasteiger partial charge on any atom is -0.394 e.